The lowest BCUT2D eigenvalue weighted by atomic mass is 9.96. The minimum Gasteiger partial charge on any atom is -0.324 e. The number of hydrogen-bond donors (Lipinski definition) is 1. The minimum absolute atomic E-state index is 0.0652. The molecule has 1 fully saturated rings. The van der Waals surface area contributed by atoms with Crippen molar-refractivity contribution in [3.8, 4) is 0 Å². The van der Waals surface area contributed by atoms with E-state index in [2.05, 4.69) is 35.0 Å². The Morgan fingerprint density at radius 2 is 1.94 bits per heavy atom. The molecule has 33 heavy (non-hydrogen) atoms. The molecule has 2 unspecified atom stereocenters. The number of nitrogens with one attached hydrogen (secondary N) is 1. The van der Waals surface area contributed by atoms with Gasteiger partial charge in [0, 0.05) is 6.54 Å². The summed E-state index contributed by atoms with van der Waals surface area (Å²) in [6.07, 6.45) is 7.84. The average molecular weight is 484 g/mol. The van der Waals surface area contributed by atoms with Crippen LogP contribution in [0.4, 0.5) is 5.69 Å². The number of imidazole rings is 1. The van der Waals surface area contributed by atoms with E-state index in [1.165, 1.54) is 50.3 Å². The van der Waals surface area contributed by atoms with Crippen molar-refractivity contribution in [1.82, 2.24) is 9.55 Å². The number of amides is 1. The van der Waals surface area contributed by atoms with Crippen LogP contribution in [0.1, 0.15) is 57.9 Å². The molecule has 0 saturated heterocycles. The third-order valence-electron chi connectivity index (χ3n) is 6.88. The van der Waals surface area contributed by atoms with Crippen molar-refractivity contribution >= 4 is 46.0 Å². The van der Waals surface area contributed by atoms with Gasteiger partial charge in [0.05, 0.1) is 27.0 Å². The van der Waals surface area contributed by atoms with Gasteiger partial charge in [-0.2, -0.15) is 0 Å². The second-order valence-corrected chi connectivity index (χ2v) is 11.1. The van der Waals surface area contributed by atoms with Crippen molar-refractivity contribution in [2.24, 2.45) is 11.8 Å². The molecule has 4 rings (SSSR count). The van der Waals surface area contributed by atoms with Gasteiger partial charge in [0.1, 0.15) is 0 Å². The molecule has 1 aromatic heterocycles. The first-order valence-electron chi connectivity index (χ1n) is 12.1. The minimum atomic E-state index is -0.295. The summed E-state index contributed by atoms with van der Waals surface area (Å²) >= 11 is 7.85. The number of thioether (sulfide) groups is 1. The molecular weight excluding hydrogens is 450 g/mol. The van der Waals surface area contributed by atoms with Crippen LogP contribution in [-0.2, 0) is 11.3 Å². The number of para-hydroxylation sites is 2. The first-order valence-corrected chi connectivity index (χ1v) is 13.4. The van der Waals surface area contributed by atoms with Crippen LogP contribution in [0.2, 0.25) is 5.02 Å². The van der Waals surface area contributed by atoms with Gasteiger partial charge in [0.25, 0.3) is 0 Å². The van der Waals surface area contributed by atoms with Crippen molar-refractivity contribution in [3.63, 3.8) is 0 Å². The average Bonchev–Trinajstić information content (AvgIpc) is 2.97. The van der Waals surface area contributed by atoms with Gasteiger partial charge in [-0.25, -0.2) is 4.98 Å². The molecule has 0 radical (unpaired) electrons. The van der Waals surface area contributed by atoms with Gasteiger partial charge in [0.15, 0.2) is 5.16 Å². The molecule has 1 saturated carbocycles. The highest BCUT2D eigenvalue weighted by atomic mass is 35.5. The second kappa shape index (κ2) is 11.0. The molecule has 0 spiro atoms. The zero-order valence-corrected chi connectivity index (χ0v) is 21.4. The highest BCUT2D eigenvalue weighted by Gasteiger charge is 2.23. The zero-order valence-electron chi connectivity index (χ0n) is 19.8. The Morgan fingerprint density at radius 1 is 1.18 bits per heavy atom. The number of anilines is 1. The molecule has 1 aliphatic carbocycles. The van der Waals surface area contributed by atoms with Crippen LogP contribution >= 0.6 is 23.4 Å². The van der Waals surface area contributed by atoms with Crippen molar-refractivity contribution < 1.29 is 4.79 Å². The van der Waals surface area contributed by atoms with Crippen LogP contribution in [0.15, 0.2) is 47.6 Å². The lowest BCUT2D eigenvalue weighted by molar-refractivity contribution is -0.115. The SMILES string of the molecule is CC[C@H]1CCCC(Cn2c(SC(C)C(=O)Nc3ccc(C)cc3Cl)nc3ccccc32)CC1. The lowest BCUT2D eigenvalue weighted by Gasteiger charge is -2.19. The molecule has 0 aliphatic heterocycles. The maximum atomic E-state index is 13.0. The molecule has 0 bridgehead atoms. The van der Waals surface area contributed by atoms with Gasteiger partial charge in [-0.1, -0.05) is 74.2 Å². The number of hydrogen-bond acceptors (Lipinski definition) is 3. The summed E-state index contributed by atoms with van der Waals surface area (Å²) in [6.45, 7) is 7.21. The quantitative estimate of drug-likeness (QED) is 0.276. The normalized spacial score (nSPS) is 19.9. The van der Waals surface area contributed by atoms with E-state index in [1.54, 1.807) is 0 Å². The van der Waals surface area contributed by atoms with Gasteiger partial charge in [-0.05, 0) is 68.4 Å². The molecule has 1 heterocycles. The Morgan fingerprint density at radius 3 is 2.73 bits per heavy atom. The number of aromatic nitrogens is 2. The fourth-order valence-electron chi connectivity index (χ4n) is 4.79. The smallest absolute Gasteiger partial charge is 0.237 e. The van der Waals surface area contributed by atoms with Crippen LogP contribution in [0.5, 0.6) is 0 Å². The van der Waals surface area contributed by atoms with E-state index < -0.39 is 0 Å². The first kappa shape index (κ1) is 24.2. The van der Waals surface area contributed by atoms with Gasteiger partial charge in [0.2, 0.25) is 5.91 Å². The fraction of sp³-hybridized carbons (Fsp3) is 0.481. The van der Waals surface area contributed by atoms with Gasteiger partial charge < -0.3 is 9.88 Å². The van der Waals surface area contributed by atoms with Crippen molar-refractivity contribution in [3.05, 3.63) is 53.1 Å². The van der Waals surface area contributed by atoms with E-state index in [0.29, 0.717) is 16.6 Å². The number of halogens is 1. The number of aryl methyl sites for hydroxylation is 1. The van der Waals surface area contributed by atoms with Crippen molar-refractivity contribution in [2.75, 3.05) is 5.32 Å². The predicted octanol–water partition coefficient (Wildman–Crippen LogP) is 7.72. The second-order valence-electron chi connectivity index (χ2n) is 9.37. The summed E-state index contributed by atoms with van der Waals surface area (Å²) in [5, 5.41) is 4.17. The maximum absolute atomic E-state index is 13.0. The maximum Gasteiger partial charge on any atom is 0.237 e. The number of carbonyl (C=O) groups excluding carboxylic acids is 1. The van der Waals surface area contributed by atoms with Crippen molar-refractivity contribution in [1.29, 1.82) is 0 Å². The van der Waals surface area contributed by atoms with Crippen LogP contribution in [0.25, 0.3) is 11.0 Å². The van der Waals surface area contributed by atoms with Crippen molar-refractivity contribution in [2.45, 2.75) is 76.2 Å². The molecule has 6 heteroatoms. The topological polar surface area (TPSA) is 46.9 Å². The van der Waals surface area contributed by atoms with E-state index >= 15 is 0 Å². The summed E-state index contributed by atoms with van der Waals surface area (Å²) in [6, 6.07) is 14.0. The highest BCUT2D eigenvalue weighted by Crippen LogP contribution is 2.34. The molecular formula is C27H34ClN3OS. The molecule has 1 amide bonds. The van der Waals surface area contributed by atoms with Gasteiger partial charge in [-0.15, -0.1) is 0 Å². The monoisotopic (exact) mass is 483 g/mol. The number of rotatable bonds is 7. The first-order chi connectivity index (χ1) is 15.9. The Balaban J connectivity index is 1.51. The highest BCUT2D eigenvalue weighted by molar-refractivity contribution is 8.00. The molecule has 3 atom stereocenters. The third-order valence-corrected chi connectivity index (χ3v) is 8.28. The van der Waals surface area contributed by atoms with Crippen LogP contribution in [0, 0.1) is 18.8 Å². The van der Waals surface area contributed by atoms with E-state index in [4.69, 9.17) is 16.6 Å². The van der Waals surface area contributed by atoms with Crippen LogP contribution in [-0.4, -0.2) is 20.7 Å². The third kappa shape index (κ3) is 5.93. The van der Waals surface area contributed by atoms with Gasteiger partial charge in [-0.3, -0.25) is 4.79 Å². The van der Waals surface area contributed by atoms with E-state index in [0.717, 1.165) is 34.2 Å². The largest absolute Gasteiger partial charge is 0.324 e. The number of benzene rings is 2. The Labute approximate surface area is 206 Å². The summed E-state index contributed by atoms with van der Waals surface area (Å²) in [7, 11) is 0. The van der Waals surface area contributed by atoms with Gasteiger partial charge >= 0.3 is 0 Å². The van der Waals surface area contributed by atoms with Crippen LogP contribution < -0.4 is 5.32 Å². The molecule has 1 N–H and O–H groups in total. The number of nitrogens with zero attached hydrogens (tertiary/aromatic N) is 2. The number of fused-ring (bicyclic) bond motifs is 1. The van der Waals surface area contributed by atoms with E-state index in [9.17, 15) is 4.79 Å². The zero-order chi connectivity index (χ0) is 23.4. The van der Waals surface area contributed by atoms with Crippen LogP contribution in [0.3, 0.4) is 0 Å². The summed E-state index contributed by atoms with van der Waals surface area (Å²) in [5.74, 6) is 1.47. The lowest BCUT2D eigenvalue weighted by Crippen LogP contribution is -2.23. The summed E-state index contributed by atoms with van der Waals surface area (Å²) in [4.78, 5) is 17.9. The Hall–Kier alpha value is -1.98. The fourth-order valence-corrected chi connectivity index (χ4v) is 6.01. The number of carbonyl (C=O) groups is 1. The molecule has 4 nitrogen and oxygen atoms in total. The standard InChI is InChI=1S/C27H34ClN3OS/c1-4-20-8-7-9-21(14-13-20)17-31-25-11-6-5-10-24(25)30-27(31)33-19(3)26(32)29-23-15-12-18(2)16-22(23)28/h5-6,10-12,15-16,19-21H,4,7-9,13-14,17H2,1-3H3,(H,29,32)/t19?,20-,21?/m0/s1. The molecule has 1 aliphatic rings. The Bertz CT molecular complexity index is 1110. The van der Waals surface area contributed by atoms with E-state index in [1.807, 2.05) is 38.1 Å². The summed E-state index contributed by atoms with van der Waals surface area (Å²) in [5.41, 5.74) is 3.87. The predicted molar refractivity (Wildman–Crippen MR) is 140 cm³/mol. The Kier molecular flexibility index (Phi) is 8.02. The molecule has 3 aromatic rings. The van der Waals surface area contributed by atoms with E-state index in [-0.39, 0.29) is 11.2 Å². The molecule has 2 aromatic carbocycles. The molecule has 176 valence electrons. The summed E-state index contributed by atoms with van der Waals surface area (Å²) < 4.78 is 2.35.